The summed E-state index contributed by atoms with van der Waals surface area (Å²) in [5.41, 5.74) is 10.6. The van der Waals surface area contributed by atoms with Gasteiger partial charge in [0, 0.05) is 6.54 Å². The molecule has 0 spiro atoms. The molecule has 0 aliphatic carbocycles. The molecule has 0 fully saturated rings. The quantitative estimate of drug-likeness (QED) is 0.194. The summed E-state index contributed by atoms with van der Waals surface area (Å²) >= 11 is 0. The molecule has 0 radical (unpaired) electrons. The number of ether oxygens (including phenoxy) is 1. The third-order valence-corrected chi connectivity index (χ3v) is 1.76. The second kappa shape index (κ2) is 7.14. The number of esters is 1. The first-order valence-electron chi connectivity index (χ1n) is 4.49. The van der Waals surface area contributed by atoms with E-state index in [9.17, 15) is 4.79 Å². The van der Waals surface area contributed by atoms with Crippen LogP contribution in [0.3, 0.4) is 0 Å². The predicted octanol–water partition coefficient (Wildman–Crippen LogP) is -0.860. The van der Waals surface area contributed by atoms with E-state index in [1.54, 1.807) is 0 Å². The molecule has 1 unspecified atom stereocenters. The topological polar surface area (TPSA) is 114 Å². The molecule has 14 heavy (non-hydrogen) atoms. The van der Waals surface area contributed by atoms with Gasteiger partial charge in [0.15, 0.2) is 5.96 Å². The van der Waals surface area contributed by atoms with Crippen LogP contribution >= 0.6 is 0 Å². The SMILES string of the molecule is COC(=O)C(N)CCCCNC(=N)N. The zero-order chi connectivity index (χ0) is 11.0. The zero-order valence-electron chi connectivity index (χ0n) is 8.38. The molecule has 0 bridgehead atoms. The maximum absolute atomic E-state index is 10.9. The van der Waals surface area contributed by atoms with E-state index in [2.05, 4.69) is 10.1 Å². The van der Waals surface area contributed by atoms with Gasteiger partial charge < -0.3 is 21.5 Å². The summed E-state index contributed by atoms with van der Waals surface area (Å²) in [4.78, 5) is 10.9. The first-order chi connectivity index (χ1) is 6.57. The monoisotopic (exact) mass is 202 g/mol. The maximum Gasteiger partial charge on any atom is 0.322 e. The molecular formula is C8H18N4O2. The van der Waals surface area contributed by atoms with Crippen molar-refractivity contribution in [3.8, 4) is 0 Å². The Kier molecular flexibility index (Phi) is 6.47. The molecule has 0 aromatic carbocycles. The van der Waals surface area contributed by atoms with Crippen molar-refractivity contribution < 1.29 is 9.53 Å². The van der Waals surface area contributed by atoms with Crippen LogP contribution < -0.4 is 16.8 Å². The Labute approximate surface area is 83.5 Å². The Morgan fingerprint density at radius 1 is 1.57 bits per heavy atom. The number of hydrogen-bond donors (Lipinski definition) is 4. The van der Waals surface area contributed by atoms with Gasteiger partial charge in [-0.25, -0.2) is 0 Å². The molecule has 0 aliphatic heterocycles. The zero-order valence-corrected chi connectivity index (χ0v) is 8.38. The Bertz CT molecular complexity index is 196. The van der Waals surface area contributed by atoms with Gasteiger partial charge in [0.05, 0.1) is 7.11 Å². The molecule has 0 saturated heterocycles. The molecule has 6 nitrogen and oxygen atoms in total. The number of unbranched alkanes of at least 4 members (excludes halogenated alkanes) is 1. The Balaban J connectivity index is 3.36. The number of carbonyl (C=O) groups excluding carboxylic acids is 1. The minimum atomic E-state index is -0.544. The molecule has 0 saturated carbocycles. The number of methoxy groups -OCH3 is 1. The van der Waals surface area contributed by atoms with Gasteiger partial charge in [0.25, 0.3) is 0 Å². The number of hydrogen-bond acceptors (Lipinski definition) is 4. The summed E-state index contributed by atoms with van der Waals surface area (Å²) in [6.07, 6.45) is 2.22. The van der Waals surface area contributed by atoms with Crippen molar-refractivity contribution >= 4 is 11.9 Å². The lowest BCUT2D eigenvalue weighted by molar-refractivity contribution is -0.142. The van der Waals surface area contributed by atoms with Gasteiger partial charge in [-0.05, 0) is 19.3 Å². The van der Waals surface area contributed by atoms with Crippen LogP contribution in [0.25, 0.3) is 0 Å². The highest BCUT2D eigenvalue weighted by Crippen LogP contribution is 1.99. The molecule has 0 rings (SSSR count). The molecule has 0 aliphatic rings. The van der Waals surface area contributed by atoms with Gasteiger partial charge in [-0.2, -0.15) is 0 Å². The molecule has 82 valence electrons. The van der Waals surface area contributed by atoms with E-state index < -0.39 is 6.04 Å². The summed E-state index contributed by atoms with van der Waals surface area (Å²) in [5, 5.41) is 9.55. The molecule has 0 heterocycles. The van der Waals surface area contributed by atoms with Crippen LogP contribution in [-0.2, 0) is 9.53 Å². The predicted molar refractivity (Wildman–Crippen MR) is 53.8 cm³/mol. The highest BCUT2D eigenvalue weighted by molar-refractivity contribution is 5.75. The lowest BCUT2D eigenvalue weighted by atomic mass is 10.1. The van der Waals surface area contributed by atoms with Gasteiger partial charge in [-0.1, -0.05) is 0 Å². The summed E-state index contributed by atoms with van der Waals surface area (Å²) in [6, 6.07) is -0.544. The van der Waals surface area contributed by atoms with Gasteiger partial charge in [-0.15, -0.1) is 0 Å². The van der Waals surface area contributed by atoms with E-state index in [4.69, 9.17) is 16.9 Å². The summed E-state index contributed by atoms with van der Waals surface area (Å²) in [5.74, 6) is -0.424. The van der Waals surface area contributed by atoms with E-state index in [0.717, 1.165) is 12.8 Å². The van der Waals surface area contributed by atoms with E-state index >= 15 is 0 Å². The van der Waals surface area contributed by atoms with Crippen LogP contribution in [0.1, 0.15) is 19.3 Å². The molecule has 6 heteroatoms. The molecule has 6 N–H and O–H groups in total. The van der Waals surface area contributed by atoms with Crippen molar-refractivity contribution in [3.63, 3.8) is 0 Å². The van der Waals surface area contributed by atoms with E-state index in [1.807, 2.05) is 0 Å². The smallest absolute Gasteiger partial charge is 0.322 e. The third-order valence-electron chi connectivity index (χ3n) is 1.76. The fourth-order valence-electron chi connectivity index (χ4n) is 0.982. The van der Waals surface area contributed by atoms with Crippen LogP contribution in [0.2, 0.25) is 0 Å². The average Bonchev–Trinajstić information content (AvgIpc) is 2.15. The Morgan fingerprint density at radius 3 is 2.71 bits per heavy atom. The fraction of sp³-hybridized carbons (Fsp3) is 0.750. The van der Waals surface area contributed by atoms with Crippen molar-refractivity contribution in [2.75, 3.05) is 13.7 Å². The number of guanidine groups is 1. The summed E-state index contributed by atoms with van der Waals surface area (Å²) in [7, 11) is 1.32. The van der Waals surface area contributed by atoms with E-state index in [1.165, 1.54) is 7.11 Å². The summed E-state index contributed by atoms with van der Waals surface area (Å²) in [6.45, 7) is 0.628. The largest absolute Gasteiger partial charge is 0.468 e. The van der Waals surface area contributed by atoms with Crippen molar-refractivity contribution in [1.29, 1.82) is 5.41 Å². The molecular weight excluding hydrogens is 184 g/mol. The van der Waals surface area contributed by atoms with Crippen LogP contribution in [0.15, 0.2) is 0 Å². The van der Waals surface area contributed by atoms with Gasteiger partial charge in [0.2, 0.25) is 0 Å². The molecule has 0 aromatic rings. The van der Waals surface area contributed by atoms with Gasteiger partial charge >= 0.3 is 5.97 Å². The second-order valence-electron chi connectivity index (χ2n) is 2.97. The normalized spacial score (nSPS) is 11.9. The minimum Gasteiger partial charge on any atom is -0.468 e. The molecule has 0 aromatic heterocycles. The third kappa shape index (κ3) is 6.24. The molecule has 1 atom stereocenters. The number of rotatable bonds is 6. The summed E-state index contributed by atoms with van der Waals surface area (Å²) < 4.78 is 4.47. The van der Waals surface area contributed by atoms with Crippen LogP contribution in [0.4, 0.5) is 0 Å². The van der Waals surface area contributed by atoms with Crippen molar-refractivity contribution in [2.45, 2.75) is 25.3 Å². The van der Waals surface area contributed by atoms with Crippen LogP contribution in [-0.4, -0.2) is 31.6 Å². The lowest BCUT2D eigenvalue weighted by Crippen LogP contribution is -2.33. The Hall–Kier alpha value is -1.30. The van der Waals surface area contributed by atoms with E-state index in [-0.39, 0.29) is 11.9 Å². The fourth-order valence-corrected chi connectivity index (χ4v) is 0.982. The lowest BCUT2D eigenvalue weighted by Gasteiger charge is -2.08. The first-order valence-corrected chi connectivity index (χ1v) is 4.49. The maximum atomic E-state index is 10.9. The van der Waals surface area contributed by atoms with Crippen molar-refractivity contribution in [3.05, 3.63) is 0 Å². The highest BCUT2D eigenvalue weighted by Gasteiger charge is 2.12. The first kappa shape index (κ1) is 12.7. The highest BCUT2D eigenvalue weighted by atomic mass is 16.5. The van der Waals surface area contributed by atoms with Crippen LogP contribution in [0.5, 0.6) is 0 Å². The Morgan fingerprint density at radius 2 is 2.21 bits per heavy atom. The van der Waals surface area contributed by atoms with Crippen molar-refractivity contribution in [2.24, 2.45) is 11.5 Å². The number of carbonyl (C=O) groups is 1. The number of nitrogens with one attached hydrogen (secondary N) is 2. The van der Waals surface area contributed by atoms with Gasteiger partial charge in [0.1, 0.15) is 6.04 Å². The minimum absolute atomic E-state index is 0.0396. The van der Waals surface area contributed by atoms with Crippen LogP contribution in [0, 0.1) is 5.41 Å². The number of nitrogens with two attached hydrogens (primary N) is 2. The standard InChI is InChI=1S/C8H18N4O2/c1-14-7(13)6(9)4-2-3-5-12-8(10)11/h6H,2-5,9H2,1H3,(H4,10,11,12). The average molecular weight is 202 g/mol. The molecule has 0 amide bonds. The van der Waals surface area contributed by atoms with Gasteiger partial charge in [-0.3, -0.25) is 10.2 Å². The second-order valence-corrected chi connectivity index (χ2v) is 2.97. The van der Waals surface area contributed by atoms with Crippen molar-refractivity contribution in [1.82, 2.24) is 5.32 Å². The van der Waals surface area contributed by atoms with E-state index in [0.29, 0.717) is 13.0 Å².